The van der Waals surface area contributed by atoms with Gasteiger partial charge in [-0.15, -0.1) is 11.8 Å². The maximum absolute atomic E-state index is 12.4. The van der Waals surface area contributed by atoms with Gasteiger partial charge in [0.25, 0.3) is 5.91 Å². The molecule has 0 aromatic heterocycles. The van der Waals surface area contributed by atoms with Gasteiger partial charge in [0.1, 0.15) is 5.75 Å². The maximum Gasteiger partial charge on any atom is 0.265 e. The molecule has 0 spiro atoms. The lowest BCUT2D eigenvalue weighted by atomic mass is 10.2. The molecule has 2 amide bonds. The minimum atomic E-state index is -0.125. The molecule has 2 aromatic rings. The van der Waals surface area contributed by atoms with Gasteiger partial charge in [-0.25, -0.2) is 0 Å². The molecule has 1 aliphatic carbocycles. The van der Waals surface area contributed by atoms with E-state index < -0.39 is 0 Å². The molecule has 0 saturated heterocycles. The number of ether oxygens (including phenoxy) is 1. The summed E-state index contributed by atoms with van der Waals surface area (Å²) in [7, 11) is 0. The van der Waals surface area contributed by atoms with E-state index in [9.17, 15) is 9.59 Å². The number of thioether (sulfide) groups is 1. The Labute approximate surface area is 169 Å². The van der Waals surface area contributed by atoms with Crippen molar-refractivity contribution in [1.82, 2.24) is 0 Å². The molecule has 1 aliphatic heterocycles. The highest BCUT2D eigenvalue weighted by Crippen LogP contribution is 2.35. The highest BCUT2D eigenvalue weighted by molar-refractivity contribution is 8.00. The zero-order chi connectivity index (χ0) is 19.3. The summed E-state index contributed by atoms with van der Waals surface area (Å²) < 4.78 is 5.43. The lowest BCUT2D eigenvalue weighted by molar-refractivity contribution is -0.121. The van der Waals surface area contributed by atoms with Crippen LogP contribution in [0, 0.1) is 0 Å². The monoisotopic (exact) mass is 396 g/mol. The fourth-order valence-electron chi connectivity index (χ4n) is 3.65. The van der Waals surface area contributed by atoms with E-state index in [0.717, 1.165) is 16.6 Å². The molecule has 0 atom stereocenters. The molecule has 5 nitrogen and oxygen atoms in total. The Bertz CT molecular complexity index is 847. The van der Waals surface area contributed by atoms with E-state index in [4.69, 9.17) is 4.74 Å². The number of nitrogens with zero attached hydrogens (tertiary/aromatic N) is 1. The number of fused-ring (bicyclic) bond motifs is 1. The van der Waals surface area contributed by atoms with Crippen molar-refractivity contribution >= 4 is 35.0 Å². The first kappa shape index (κ1) is 18.9. The molecular weight excluding hydrogens is 372 g/mol. The topological polar surface area (TPSA) is 58.6 Å². The number of benzene rings is 2. The smallest absolute Gasteiger partial charge is 0.265 e. The molecule has 0 bridgehead atoms. The predicted octanol–water partition coefficient (Wildman–Crippen LogP) is 4.48. The first-order valence-corrected chi connectivity index (χ1v) is 10.7. The number of carbonyl (C=O) groups is 2. The normalized spacial score (nSPS) is 16.6. The van der Waals surface area contributed by atoms with Gasteiger partial charge in [0.15, 0.2) is 6.61 Å². The molecule has 4 rings (SSSR count). The first-order valence-electron chi connectivity index (χ1n) is 9.78. The van der Waals surface area contributed by atoms with Gasteiger partial charge in [0.2, 0.25) is 5.91 Å². The van der Waals surface area contributed by atoms with Gasteiger partial charge in [-0.3, -0.25) is 9.59 Å². The third kappa shape index (κ3) is 4.50. The Kier molecular flexibility index (Phi) is 5.86. The summed E-state index contributed by atoms with van der Waals surface area (Å²) >= 11 is 1.93. The zero-order valence-electron chi connectivity index (χ0n) is 15.7. The molecule has 146 valence electrons. The van der Waals surface area contributed by atoms with Gasteiger partial charge in [-0.1, -0.05) is 25.0 Å². The van der Waals surface area contributed by atoms with Crippen molar-refractivity contribution in [2.24, 2.45) is 0 Å². The number of amides is 2. The molecule has 1 saturated carbocycles. The van der Waals surface area contributed by atoms with Crippen LogP contribution in [0.3, 0.4) is 0 Å². The molecule has 28 heavy (non-hydrogen) atoms. The van der Waals surface area contributed by atoms with Crippen molar-refractivity contribution in [1.29, 1.82) is 0 Å². The molecule has 2 aliphatic rings. The summed E-state index contributed by atoms with van der Waals surface area (Å²) in [6.07, 6.45) is 5.50. The van der Waals surface area contributed by atoms with E-state index in [-0.39, 0.29) is 24.8 Å². The van der Waals surface area contributed by atoms with E-state index in [1.807, 2.05) is 48.2 Å². The van der Waals surface area contributed by atoms with Crippen LogP contribution in [0.5, 0.6) is 5.75 Å². The Hall–Kier alpha value is -2.47. The Morgan fingerprint density at radius 3 is 2.64 bits per heavy atom. The number of rotatable bonds is 6. The minimum Gasteiger partial charge on any atom is -0.482 e. The van der Waals surface area contributed by atoms with Gasteiger partial charge in [0.05, 0.1) is 5.69 Å². The highest BCUT2D eigenvalue weighted by Gasteiger charge is 2.25. The van der Waals surface area contributed by atoms with Gasteiger partial charge < -0.3 is 15.0 Å². The maximum atomic E-state index is 12.4. The minimum absolute atomic E-state index is 0.0127. The van der Waals surface area contributed by atoms with Crippen LogP contribution in [0.4, 0.5) is 11.4 Å². The molecule has 0 radical (unpaired) electrons. The van der Waals surface area contributed by atoms with E-state index in [2.05, 4.69) is 17.4 Å². The number of para-hydroxylation sites is 2. The Balaban J connectivity index is 1.30. The van der Waals surface area contributed by atoms with Crippen LogP contribution in [0.1, 0.15) is 32.1 Å². The predicted molar refractivity (Wildman–Crippen MR) is 112 cm³/mol. The zero-order valence-corrected chi connectivity index (χ0v) is 16.5. The average Bonchev–Trinajstić information content (AvgIpc) is 3.22. The van der Waals surface area contributed by atoms with Gasteiger partial charge in [-0.05, 0) is 49.2 Å². The summed E-state index contributed by atoms with van der Waals surface area (Å²) in [6.45, 7) is 0.347. The SMILES string of the molecule is O=C(CCN1C(=O)COc2ccccc21)Nc1ccc(SC2CCCC2)cc1. The lowest BCUT2D eigenvalue weighted by Gasteiger charge is -2.29. The number of nitrogens with one attached hydrogen (secondary N) is 1. The van der Waals surface area contributed by atoms with Crippen LogP contribution in [0.25, 0.3) is 0 Å². The van der Waals surface area contributed by atoms with E-state index in [0.29, 0.717) is 12.3 Å². The van der Waals surface area contributed by atoms with Crippen molar-refractivity contribution in [3.63, 3.8) is 0 Å². The molecule has 0 unspecified atom stereocenters. The number of hydrogen-bond donors (Lipinski definition) is 1. The quantitative estimate of drug-likeness (QED) is 0.782. The van der Waals surface area contributed by atoms with Crippen LogP contribution in [-0.4, -0.2) is 30.2 Å². The second-order valence-corrected chi connectivity index (χ2v) is 8.52. The summed E-state index contributed by atoms with van der Waals surface area (Å²) in [6, 6.07) is 15.4. The van der Waals surface area contributed by atoms with Crippen molar-refractivity contribution in [3.8, 4) is 5.75 Å². The molecular formula is C22H24N2O3S. The molecule has 2 aromatic carbocycles. The van der Waals surface area contributed by atoms with Gasteiger partial charge in [0, 0.05) is 28.8 Å². The average molecular weight is 397 g/mol. The number of carbonyl (C=O) groups excluding carboxylic acids is 2. The highest BCUT2D eigenvalue weighted by atomic mass is 32.2. The van der Waals surface area contributed by atoms with Gasteiger partial charge >= 0.3 is 0 Å². The van der Waals surface area contributed by atoms with Crippen molar-refractivity contribution < 1.29 is 14.3 Å². The number of anilines is 2. The van der Waals surface area contributed by atoms with Crippen LogP contribution in [-0.2, 0) is 9.59 Å². The Morgan fingerprint density at radius 2 is 1.86 bits per heavy atom. The summed E-state index contributed by atoms with van der Waals surface area (Å²) in [5.41, 5.74) is 1.51. The second-order valence-electron chi connectivity index (χ2n) is 7.15. The van der Waals surface area contributed by atoms with Gasteiger partial charge in [-0.2, -0.15) is 0 Å². The lowest BCUT2D eigenvalue weighted by Crippen LogP contribution is -2.40. The van der Waals surface area contributed by atoms with Crippen molar-refractivity contribution in [2.45, 2.75) is 42.2 Å². The number of hydrogen-bond acceptors (Lipinski definition) is 4. The second kappa shape index (κ2) is 8.69. The fourth-order valence-corrected chi connectivity index (χ4v) is 4.90. The summed E-state index contributed by atoms with van der Waals surface area (Å²) in [4.78, 5) is 27.4. The molecule has 1 N–H and O–H groups in total. The van der Waals surface area contributed by atoms with Crippen LogP contribution >= 0.6 is 11.8 Å². The van der Waals surface area contributed by atoms with E-state index in [1.54, 1.807) is 4.90 Å². The summed E-state index contributed by atoms with van der Waals surface area (Å²) in [5.74, 6) is 0.450. The summed E-state index contributed by atoms with van der Waals surface area (Å²) in [5, 5.41) is 3.65. The fraction of sp³-hybridized carbons (Fsp3) is 0.364. The van der Waals surface area contributed by atoms with Crippen molar-refractivity contribution in [2.75, 3.05) is 23.4 Å². The molecule has 6 heteroatoms. The largest absolute Gasteiger partial charge is 0.482 e. The third-order valence-corrected chi connectivity index (χ3v) is 6.46. The van der Waals surface area contributed by atoms with E-state index in [1.165, 1.54) is 30.6 Å². The van der Waals surface area contributed by atoms with Crippen LogP contribution in [0.2, 0.25) is 0 Å². The van der Waals surface area contributed by atoms with Crippen LogP contribution < -0.4 is 15.0 Å². The van der Waals surface area contributed by atoms with E-state index >= 15 is 0 Å². The van der Waals surface area contributed by atoms with Crippen LogP contribution in [0.15, 0.2) is 53.4 Å². The third-order valence-electron chi connectivity index (χ3n) is 5.11. The standard InChI is InChI=1S/C22H24N2O3S/c25-21(13-14-24-19-7-3-4-8-20(19)27-15-22(24)26)23-16-9-11-18(12-10-16)28-17-5-1-2-6-17/h3-4,7-12,17H,1-2,5-6,13-15H2,(H,23,25). The van der Waals surface area contributed by atoms with Crippen molar-refractivity contribution in [3.05, 3.63) is 48.5 Å². The Morgan fingerprint density at radius 1 is 1.11 bits per heavy atom. The molecule has 1 heterocycles. The molecule has 1 fully saturated rings. The first-order chi connectivity index (χ1) is 13.7.